The highest BCUT2D eigenvalue weighted by Crippen LogP contribution is 2.40. The van der Waals surface area contributed by atoms with Crippen LogP contribution in [0, 0.1) is 5.41 Å². The monoisotopic (exact) mass is 323 g/mol. The van der Waals surface area contributed by atoms with Gasteiger partial charge in [0.15, 0.2) is 0 Å². The lowest BCUT2D eigenvalue weighted by Gasteiger charge is -2.38. The fourth-order valence-corrected chi connectivity index (χ4v) is 3.72. The smallest absolute Gasteiger partial charge is 0.0207 e. The highest BCUT2D eigenvalue weighted by Gasteiger charge is 2.32. The molecule has 1 aromatic carbocycles. The second-order valence-electron chi connectivity index (χ2n) is 6.01. The van der Waals surface area contributed by atoms with Crippen LogP contribution in [0.4, 0.5) is 0 Å². The molecular weight excluding hydrogens is 298 g/mol. The summed E-state index contributed by atoms with van der Waals surface area (Å²) in [6.45, 7) is 4.58. The molecule has 1 aromatic rings. The van der Waals surface area contributed by atoms with E-state index in [0.29, 0.717) is 5.41 Å². The summed E-state index contributed by atoms with van der Waals surface area (Å²) in [5.41, 5.74) is 1.96. The second-order valence-corrected chi connectivity index (χ2v) is 6.86. The summed E-state index contributed by atoms with van der Waals surface area (Å²) in [6.07, 6.45) is 9.42. The van der Waals surface area contributed by atoms with Gasteiger partial charge < -0.3 is 5.32 Å². The van der Waals surface area contributed by atoms with Crippen molar-refractivity contribution in [2.75, 3.05) is 13.1 Å². The molecule has 106 valence electrons. The van der Waals surface area contributed by atoms with Crippen molar-refractivity contribution in [3.63, 3.8) is 0 Å². The molecule has 1 nitrogen and oxygen atoms in total. The van der Waals surface area contributed by atoms with Crippen LogP contribution in [0.1, 0.15) is 51.0 Å². The topological polar surface area (TPSA) is 12.0 Å². The highest BCUT2D eigenvalue weighted by atomic mass is 79.9. The number of hydrogen-bond acceptors (Lipinski definition) is 1. The zero-order valence-electron chi connectivity index (χ0n) is 12.1. The molecule has 2 heteroatoms. The Morgan fingerprint density at radius 1 is 1.16 bits per heavy atom. The maximum Gasteiger partial charge on any atom is 0.0207 e. The van der Waals surface area contributed by atoms with E-state index in [1.54, 1.807) is 0 Å². The largest absolute Gasteiger partial charge is 0.316 e. The van der Waals surface area contributed by atoms with Gasteiger partial charge in [-0.25, -0.2) is 0 Å². The van der Waals surface area contributed by atoms with E-state index in [-0.39, 0.29) is 0 Å². The van der Waals surface area contributed by atoms with Gasteiger partial charge in [-0.15, -0.1) is 0 Å². The van der Waals surface area contributed by atoms with Crippen molar-refractivity contribution in [3.05, 3.63) is 34.3 Å². The maximum atomic E-state index is 3.71. The van der Waals surface area contributed by atoms with E-state index in [1.165, 1.54) is 61.5 Å². The molecule has 19 heavy (non-hydrogen) atoms. The third-order valence-corrected chi connectivity index (χ3v) is 5.14. The van der Waals surface area contributed by atoms with Crippen molar-refractivity contribution < 1.29 is 0 Å². The Bertz CT molecular complexity index is 383. The minimum atomic E-state index is 0.483. The van der Waals surface area contributed by atoms with E-state index in [0.717, 1.165) is 6.54 Å². The molecular formula is C17H26BrN. The van der Waals surface area contributed by atoms with Crippen LogP contribution in [-0.4, -0.2) is 13.1 Å². The van der Waals surface area contributed by atoms with Gasteiger partial charge in [-0.05, 0) is 49.3 Å². The molecule has 1 aliphatic rings. The van der Waals surface area contributed by atoms with Crippen molar-refractivity contribution >= 4 is 15.9 Å². The van der Waals surface area contributed by atoms with E-state index < -0.39 is 0 Å². The van der Waals surface area contributed by atoms with Crippen LogP contribution in [0.5, 0.6) is 0 Å². The highest BCUT2D eigenvalue weighted by molar-refractivity contribution is 9.10. The molecule has 1 aliphatic carbocycles. The van der Waals surface area contributed by atoms with Gasteiger partial charge in [0.2, 0.25) is 0 Å². The molecule has 1 N–H and O–H groups in total. The Balaban J connectivity index is 2.06. The van der Waals surface area contributed by atoms with Crippen molar-refractivity contribution in [3.8, 4) is 0 Å². The molecule has 0 aromatic heterocycles. The van der Waals surface area contributed by atoms with Gasteiger partial charge in [-0.2, -0.15) is 0 Å². The third-order valence-electron chi connectivity index (χ3n) is 4.36. The summed E-state index contributed by atoms with van der Waals surface area (Å²) >= 11 is 3.71. The predicted molar refractivity (Wildman–Crippen MR) is 86.5 cm³/mol. The molecule has 0 heterocycles. The molecule has 0 aliphatic heterocycles. The SMILES string of the molecule is CCCNCC1(Cc2ccccc2Br)CCCCC1. The van der Waals surface area contributed by atoms with Crippen LogP contribution >= 0.6 is 15.9 Å². The molecule has 1 saturated carbocycles. The van der Waals surface area contributed by atoms with Gasteiger partial charge in [0.25, 0.3) is 0 Å². The van der Waals surface area contributed by atoms with E-state index in [9.17, 15) is 0 Å². The van der Waals surface area contributed by atoms with Gasteiger partial charge in [0.1, 0.15) is 0 Å². The van der Waals surface area contributed by atoms with Gasteiger partial charge >= 0.3 is 0 Å². The van der Waals surface area contributed by atoms with Crippen LogP contribution < -0.4 is 5.32 Å². The minimum absolute atomic E-state index is 0.483. The van der Waals surface area contributed by atoms with Crippen LogP contribution in [0.3, 0.4) is 0 Å². The summed E-state index contributed by atoms with van der Waals surface area (Å²) in [5, 5.41) is 3.67. The molecule has 0 saturated heterocycles. The molecule has 0 amide bonds. The van der Waals surface area contributed by atoms with E-state index in [2.05, 4.69) is 52.4 Å². The molecule has 0 bridgehead atoms. The van der Waals surface area contributed by atoms with E-state index in [1.807, 2.05) is 0 Å². The fraction of sp³-hybridized carbons (Fsp3) is 0.647. The number of nitrogens with one attached hydrogen (secondary N) is 1. The predicted octanol–water partition coefficient (Wildman–Crippen LogP) is 4.94. The van der Waals surface area contributed by atoms with Crippen molar-refractivity contribution in [2.45, 2.75) is 51.9 Å². The Labute approximate surface area is 126 Å². The van der Waals surface area contributed by atoms with Crippen LogP contribution in [0.2, 0.25) is 0 Å². The first kappa shape index (κ1) is 15.1. The lowest BCUT2D eigenvalue weighted by atomic mass is 9.70. The van der Waals surface area contributed by atoms with Gasteiger partial charge in [-0.1, -0.05) is 60.3 Å². The normalized spacial score (nSPS) is 18.4. The summed E-state index contributed by atoms with van der Waals surface area (Å²) in [6, 6.07) is 8.72. The Hall–Kier alpha value is -0.340. The van der Waals surface area contributed by atoms with Crippen LogP contribution in [-0.2, 0) is 6.42 Å². The number of rotatable bonds is 6. The van der Waals surface area contributed by atoms with Crippen molar-refractivity contribution in [1.82, 2.24) is 5.32 Å². The first-order chi connectivity index (χ1) is 9.26. The summed E-state index contributed by atoms with van der Waals surface area (Å²) in [5.74, 6) is 0. The second kappa shape index (κ2) is 7.44. The Morgan fingerprint density at radius 3 is 2.58 bits per heavy atom. The number of halogens is 1. The lowest BCUT2D eigenvalue weighted by molar-refractivity contribution is 0.181. The average molecular weight is 324 g/mol. The first-order valence-electron chi connectivity index (χ1n) is 7.70. The lowest BCUT2D eigenvalue weighted by Crippen LogP contribution is -2.38. The molecule has 0 atom stereocenters. The van der Waals surface area contributed by atoms with Crippen molar-refractivity contribution in [1.29, 1.82) is 0 Å². The van der Waals surface area contributed by atoms with Crippen LogP contribution in [0.15, 0.2) is 28.7 Å². The fourth-order valence-electron chi connectivity index (χ4n) is 3.29. The van der Waals surface area contributed by atoms with Crippen LogP contribution in [0.25, 0.3) is 0 Å². The number of benzene rings is 1. The first-order valence-corrected chi connectivity index (χ1v) is 8.49. The molecule has 2 rings (SSSR count). The van der Waals surface area contributed by atoms with E-state index >= 15 is 0 Å². The Kier molecular flexibility index (Phi) is 5.90. The average Bonchev–Trinajstić information content (AvgIpc) is 2.43. The Morgan fingerprint density at radius 2 is 1.89 bits per heavy atom. The van der Waals surface area contributed by atoms with Gasteiger partial charge in [0.05, 0.1) is 0 Å². The number of hydrogen-bond donors (Lipinski definition) is 1. The van der Waals surface area contributed by atoms with Gasteiger partial charge in [-0.3, -0.25) is 0 Å². The standard InChI is InChI=1S/C17H26BrN/c1-2-12-19-14-17(10-6-3-7-11-17)13-15-8-4-5-9-16(15)18/h4-5,8-9,19H,2-3,6-7,10-14H2,1H3. The minimum Gasteiger partial charge on any atom is -0.316 e. The van der Waals surface area contributed by atoms with E-state index in [4.69, 9.17) is 0 Å². The molecule has 1 fully saturated rings. The molecule has 0 radical (unpaired) electrons. The summed E-state index contributed by atoms with van der Waals surface area (Å²) < 4.78 is 1.27. The quantitative estimate of drug-likeness (QED) is 0.731. The third kappa shape index (κ3) is 4.32. The molecule has 0 unspecified atom stereocenters. The molecule has 0 spiro atoms. The zero-order valence-corrected chi connectivity index (χ0v) is 13.6. The zero-order chi connectivity index (χ0) is 13.6. The van der Waals surface area contributed by atoms with Gasteiger partial charge in [0, 0.05) is 11.0 Å². The summed E-state index contributed by atoms with van der Waals surface area (Å²) in [7, 11) is 0. The summed E-state index contributed by atoms with van der Waals surface area (Å²) in [4.78, 5) is 0. The van der Waals surface area contributed by atoms with Crippen molar-refractivity contribution in [2.24, 2.45) is 5.41 Å². The maximum absolute atomic E-state index is 3.71.